The van der Waals surface area contributed by atoms with E-state index in [2.05, 4.69) is 0 Å². The van der Waals surface area contributed by atoms with Gasteiger partial charge in [-0.05, 0) is 29.8 Å². The zero-order valence-electron chi connectivity index (χ0n) is 9.01. The molecule has 0 aliphatic heterocycles. The summed E-state index contributed by atoms with van der Waals surface area (Å²) in [6.07, 6.45) is 0. The molecular weight excluding hydrogens is 256 g/mol. The van der Waals surface area contributed by atoms with E-state index in [1.165, 1.54) is 0 Å². The first-order valence-electron chi connectivity index (χ1n) is 5.10. The Kier molecular flexibility index (Phi) is 3.50. The second-order valence-electron chi connectivity index (χ2n) is 3.70. The van der Waals surface area contributed by atoms with Gasteiger partial charge in [0.15, 0.2) is 9.84 Å². The van der Waals surface area contributed by atoms with Gasteiger partial charge in [0.2, 0.25) is 0 Å². The van der Waals surface area contributed by atoms with E-state index < -0.39 is 9.84 Å². The van der Waals surface area contributed by atoms with E-state index in [1.807, 2.05) is 0 Å². The van der Waals surface area contributed by atoms with Crippen LogP contribution in [0, 0.1) is 0 Å². The summed E-state index contributed by atoms with van der Waals surface area (Å²) in [5, 5.41) is 0.603. The van der Waals surface area contributed by atoms with Crippen LogP contribution in [-0.4, -0.2) is 8.42 Å². The van der Waals surface area contributed by atoms with Crippen molar-refractivity contribution < 1.29 is 8.42 Å². The smallest absolute Gasteiger partial charge is 0.182 e. The van der Waals surface area contributed by atoms with E-state index in [0.29, 0.717) is 9.92 Å². The summed E-state index contributed by atoms with van der Waals surface area (Å²) < 4.78 is 24.1. The Hall–Kier alpha value is -1.32. The molecule has 0 amide bonds. The molecule has 0 aromatic heterocycles. The van der Waals surface area contributed by atoms with Gasteiger partial charge in [0.1, 0.15) is 0 Å². The molecule has 0 fully saturated rings. The van der Waals surface area contributed by atoms with Crippen molar-refractivity contribution in [1.29, 1.82) is 0 Å². The van der Waals surface area contributed by atoms with Crippen molar-refractivity contribution in [2.24, 2.45) is 0 Å². The third-order valence-electron chi connectivity index (χ3n) is 2.37. The molecule has 0 atom stereocenters. The Morgan fingerprint density at radius 2 is 1.47 bits per heavy atom. The molecule has 2 aromatic rings. The maximum atomic E-state index is 12.1. The highest BCUT2D eigenvalue weighted by Crippen LogP contribution is 2.17. The average Bonchev–Trinajstić information content (AvgIpc) is 2.33. The zero-order valence-corrected chi connectivity index (χ0v) is 10.6. The van der Waals surface area contributed by atoms with Crippen molar-refractivity contribution in [2.45, 2.75) is 10.6 Å². The van der Waals surface area contributed by atoms with Gasteiger partial charge in [-0.15, -0.1) is 0 Å². The lowest BCUT2D eigenvalue weighted by Crippen LogP contribution is -2.04. The van der Waals surface area contributed by atoms with Crippen LogP contribution < -0.4 is 0 Å². The van der Waals surface area contributed by atoms with Gasteiger partial charge in [-0.25, -0.2) is 8.42 Å². The third-order valence-corrected chi connectivity index (χ3v) is 4.33. The van der Waals surface area contributed by atoms with Gasteiger partial charge in [-0.2, -0.15) is 0 Å². The van der Waals surface area contributed by atoms with Crippen LogP contribution in [-0.2, 0) is 15.6 Å². The quantitative estimate of drug-likeness (QED) is 0.854. The van der Waals surface area contributed by atoms with Crippen molar-refractivity contribution in [3.05, 3.63) is 65.2 Å². The highest BCUT2D eigenvalue weighted by atomic mass is 35.5. The zero-order chi connectivity index (χ0) is 12.3. The van der Waals surface area contributed by atoms with E-state index in [9.17, 15) is 8.42 Å². The van der Waals surface area contributed by atoms with Crippen molar-refractivity contribution in [1.82, 2.24) is 0 Å². The first kappa shape index (κ1) is 12.1. The van der Waals surface area contributed by atoms with Crippen LogP contribution in [0.1, 0.15) is 5.56 Å². The number of hydrogen-bond acceptors (Lipinski definition) is 2. The van der Waals surface area contributed by atoms with E-state index in [4.69, 9.17) is 11.6 Å². The first-order valence-corrected chi connectivity index (χ1v) is 7.13. The molecule has 0 N–H and O–H groups in total. The number of hydrogen-bond donors (Lipinski definition) is 0. The molecular formula is C13H11ClO2S. The van der Waals surface area contributed by atoms with Gasteiger partial charge in [0, 0.05) is 5.02 Å². The lowest BCUT2D eigenvalue weighted by molar-refractivity contribution is 0.595. The Labute approximate surface area is 106 Å². The fourth-order valence-corrected chi connectivity index (χ4v) is 3.01. The molecule has 0 spiro atoms. The summed E-state index contributed by atoms with van der Waals surface area (Å²) >= 11 is 5.75. The maximum absolute atomic E-state index is 12.1. The molecule has 0 saturated heterocycles. The standard InChI is InChI=1S/C13H11ClO2S/c14-12-8-6-11(7-9-12)10-17(15,16)13-4-2-1-3-5-13/h1-9H,10H2. The molecule has 88 valence electrons. The molecule has 4 heteroatoms. The molecule has 2 aromatic carbocycles. The van der Waals surface area contributed by atoms with Gasteiger partial charge in [-0.1, -0.05) is 41.9 Å². The van der Waals surface area contributed by atoms with E-state index in [-0.39, 0.29) is 5.75 Å². The summed E-state index contributed by atoms with van der Waals surface area (Å²) in [5.41, 5.74) is 0.734. The Morgan fingerprint density at radius 1 is 0.882 bits per heavy atom. The van der Waals surface area contributed by atoms with Crippen LogP contribution >= 0.6 is 11.6 Å². The molecule has 17 heavy (non-hydrogen) atoms. The highest BCUT2D eigenvalue weighted by Gasteiger charge is 2.14. The molecule has 0 aliphatic rings. The van der Waals surface area contributed by atoms with Crippen molar-refractivity contribution in [3.63, 3.8) is 0 Å². The predicted octanol–water partition coefficient (Wildman–Crippen LogP) is 3.31. The molecule has 0 unspecified atom stereocenters. The molecule has 0 heterocycles. The van der Waals surface area contributed by atoms with Gasteiger partial charge < -0.3 is 0 Å². The minimum Gasteiger partial charge on any atom is -0.223 e. The van der Waals surface area contributed by atoms with Gasteiger partial charge in [-0.3, -0.25) is 0 Å². The Morgan fingerprint density at radius 3 is 2.06 bits per heavy atom. The summed E-state index contributed by atoms with van der Waals surface area (Å²) in [4.78, 5) is 0.343. The van der Waals surface area contributed by atoms with Crippen molar-refractivity contribution in [3.8, 4) is 0 Å². The monoisotopic (exact) mass is 266 g/mol. The Balaban J connectivity index is 2.27. The lowest BCUT2D eigenvalue weighted by atomic mass is 10.2. The first-order chi connectivity index (χ1) is 8.08. The molecule has 0 bridgehead atoms. The third kappa shape index (κ3) is 3.08. The van der Waals surface area contributed by atoms with E-state index in [0.717, 1.165) is 5.56 Å². The maximum Gasteiger partial charge on any atom is 0.182 e. The molecule has 2 rings (SSSR count). The summed E-state index contributed by atoms with van der Waals surface area (Å²) in [7, 11) is -3.27. The van der Waals surface area contributed by atoms with E-state index in [1.54, 1.807) is 54.6 Å². The molecule has 0 aliphatic carbocycles. The molecule has 0 saturated carbocycles. The van der Waals surface area contributed by atoms with Crippen LogP contribution in [0.2, 0.25) is 5.02 Å². The minimum atomic E-state index is -3.27. The number of rotatable bonds is 3. The second kappa shape index (κ2) is 4.90. The van der Waals surface area contributed by atoms with Crippen LogP contribution in [0.4, 0.5) is 0 Å². The van der Waals surface area contributed by atoms with Crippen LogP contribution in [0.3, 0.4) is 0 Å². The topological polar surface area (TPSA) is 34.1 Å². The summed E-state index contributed by atoms with van der Waals surface area (Å²) in [6.45, 7) is 0. The van der Waals surface area contributed by atoms with Crippen LogP contribution in [0.15, 0.2) is 59.5 Å². The second-order valence-corrected chi connectivity index (χ2v) is 6.12. The SMILES string of the molecule is O=S(=O)(Cc1ccc(Cl)cc1)c1ccccc1. The largest absolute Gasteiger partial charge is 0.223 e. The Bertz CT molecular complexity index is 589. The number of benzene rings is 2. The molecule has 0 radical (unpaired) electrons. The van der Waals surface area contributed by atoms with Gasteiger partial charge >= 0.3 is 0 Å². The fraction of sp³-hybridized carbons (Fsp3) is 0.0769. The van der Waals surface area contributed by atoms with Gasteiger partial charge in [0.05, 0.1) is 10.6 Å². The normalized spacial score (nSPS) is 11.4. The number of halogens is 1. The summed E-state index contributed by atoms with van der Waals surface area (Å²) in [5.74, 6) is -0.00577. The highest BCUT2D eigenvalue weighted by molar-refractivity contribution is 7.90. The average molecular weight is 267 g/mol. The predicted molar refractivity (Wildman–Crippen MR) is 68.8 cm³/mol. The molecule has 2 nitrogen and oxygen atoms in total. The lowest BCUT2D eigenvalue weighted by Gasteiger charge is -2.04. The fourth-order valence-electron chi connectivity index (χ4n) is 1.51. The number of sulfone groups is 1. The van der Waals surface area contributed by atoms with Crippen molar-refractivity contribution in [2.75, 3.05) is 0 Å². The van der Waals surface area contributed by atoms with Crippen LogP contribution in [0.25, 0.3) is 0 Å². The van der Waals surface area contributed by atoms with Gasteiger partial charge in [0.25, 0.3) is 0 Å². The minimum absolute atomic E-state index is 0.00577. The van der Waals surface area contributed by atoms with E-state index >= 15 is 0 Å². The van der Waals surface area contributed by atoms with Crippen molar-refractivity contribution >= 4 is 21.4 Å². The summed E-state index contributed by atoms with van der Waals surface area (Å²) in [6, 6.07) is 15.3. The van der Waals surface area contributed by atoms with Crippen LogP contribution in [0.5, 0.6) is 0 Å².